The SMILES string of the molecule is CCCN(CCC)C(=O)c1cncc(C(=O)Nc2ccc(OC)c(Cl)c2)c1. The maximum atomic E-state index is 12.7. The number of pyridine rings is 1. The molecular weight excluding hydrogens is 366 g/mol. The van der Waals surface area contributed by atoms with Crippen molar-refractivity contribution < 1.29 is 14.3 Å². The molecule has 1 N–H and O–H groups in total. The van der Waals surface area contributed by atoms with Crippen LogP contribution in [-0.4, -0.2) is 41.9 Å². The van der Waals surface area contributed by atoms with Gasteiger partial charge in [0.05, 0.1) is 23.3 Å². The lowest BCUT2D eigenvalue weighted by Crippen LogP contribution is -2.32. The Balaban J connectivity index is 2.17. The summed E-state index contributed by atoms with van der Waals surface area (Å²) in [5.41, 5.74) is 1.24. The molecule has 1 heterocycles. The zero-order valence-electron chi connectivity index (χ0n) is 15.8. The van der Waals surface area contributed by atoms with Crippen LogP contribution in [0, 0.1) is 0 Å². The van der Waals surface area contributed by atoms with Crippen LogP contribution in [0.4, 0.5) is 5.69 Å². The fourth-order valence-corrected chi connectivity index (χ4v) is 2.92. The lowest BCUT2D eigenvalue weighted by atomic mass is 10.1. The summed E-state index contributed by atoms with van der Waals surface area (Å²) >= 11 is 6.08. The number of nitrogens with zero attached hydrogens (tertiary/aromatic N) is 2. The highest BCUT2D eigenvalue weighted by atomic mass is 35.5. The minimum Gasteiger partial charge on any atom is -0.495 e. The number of hydrogen-bond acceptors (Lipinski definition) is 4. The zero-order chi connectivity index (χ0) is 19.8. The Morgan fingerprint density at radius 2 is 1.78 bits per heavy atom. The highest BCUT2D eigenvalue weighted by Gasteiger charge is 2.17. The maximum Gasteiger partial charge on any atom is 0.257 e. The molecule has 0 aliphatic rings. The molecule has 7 heteroatoms. The van der Waals surface area contributed by atoms with Gasteiger partial charge >= 0.3 is 0 Å². The van der Waals surface area contributed by atoms with E-state index in [1.54, 1.807) is 29.2 Å². The van der Waals surface area contributed by atoms with Crippen LogP contribution in [0.15, 0.2) is 36.7 Å². The van der Waals surface area contributed by atoms with Crippen LogP contribution in [0.25, 0.3) is 0 Å². The van der Waals surface area contributed by atoms with Gasteiger partial charge in [-0.15, -0.1) is 0 Å². The number of carbonyl (C=O) groups is 2. The minimum atomic E-state index is -0.365. The van der Waals surface area contributed by atoms with E-state index in [9.17, 15) is 9.59 Å². The van der Waals surface area contributed by atoms with E-state index < -0.39 is 0 Å². The number of rotatable bonds is 8. The van der Waals surface area contributed by atoms with Gasteiger partial charge in [0, 0.05) is 31.2 Å². The van der Waals surface area contributed by atoms with Crippen molar-refractivity contribution in [3.8, 4) is 5.75 Å². The van der Waals surface area contributed by atoms with Gasteiger partial charge in [-0.25, -0.2) is 0 Å². The van der Waals surface area contributed by atoms with E-state index in [0.717, 1.165) is 12.8 Å². The zero-order valence-corrected chi connectivity index (χ0v) is 16.5. The second-order valence-electron chi connectivity index (χ2n) is 6.06. The van der Waals surface area contributed by atoms with Gasteiger partial charge in [0.1, 0.15) is 5.75 Å². The van der Waals surface area contributed by atoms with Crippen molar-refractivity contribution in [3.63, 3.8) is 0 Å². The third-order valence-corrected chi connectivity index (χ3v) is 4.23. The molecule has 0 aliphatic carbocycles. The molecule has 2 amide bonds. The minimum absolute atomic E-state index is 0.117. The number of ether oxygens (including phenoxy) is 1. The number of methoxy groups -OCH3 is 1. The molecule has 144 valence electrons. The predicted molar refractivity (Wildman–Crippen MR) is 107 cm³/mol. The fourth-order valence-electron chi connectivity index (χ4n) is 2.67. The van der Waals surface area contributed by atoms with Gasteiger partial charge in [-0.3, -0.25) is 14.6 Å². The van der Waals surface area contributed by atoms with Gasteiger partial charge in [0.2, 0.25) is 0 Å². The Bertz CT molecular complexity index is 805. The molecule has 0 saturated heterocycles. The molecule has 1 aromatic heterocycles. The van der Waals surface area contributed by atoms with E-state index in [1.165, 1.54) is 19.5 Å². The standard InChI is InChI=1S/C20H24ClN3O3/c1-4-8-24(9-5-2)20(26)15-10-14(12-22-13-15)19(25)23-16-6-7-18(27-3)17(21)11-16/h6-7,10-13H,4-5,8-9H2,1-3H3,(H,23,25). The van der Waals surface area contributed by atoms with E-state index in [2.05, 4.69) is 10.3 Å². The van der Waals surface area contributed by atoms with E-state index >= 15 is 0 Å². The summed E-state index contributed by atoms with van der Waals surface area (Å²) in [5, 5.41) is 3.15. The van der Waals surface area contributed by atoms with Gasteiger partial charge in [0.15, 0.2) is 0 Å². The van der Waals surface area contributed by atoms with Crippen molar-refractivity contribution in [1.29, 1.82) is 0 Å². The monoisotopic (exact) mass is 389 g/mol. The van der Waals surface area contributed by atoms with Crippen LogP contribution in [0.2, 0.25) is 5.02 Å². The van der Waals surface area contributed by atoms with Gasteiger partial charge < -0.3 is 15.0 Å². The lowest BCUT2D eigenvalue weighted by Gasteiger charge is -2.21. The van der Waals surface area contributed by atoms with Crippen LogP contribution in [-0.2, 0) is 0 Å². The second-order valence-corrected chi connectivity index (χ2v) is 6.47. The molecular formula is C20H24ClN3O3. The van der Waals surface area contributed by atoms with Crippen LogP contribution >= 0.6 is 11.6 Å². The summed E-state index contributed by atoms with van der Waals surface area (Å²) in [6.07, 6.45) is 4.66. The van der Waals surface area contributed by atoms with Crippen molar-refractivity contribution in [2.75, 3.05) is 25.5 Å². The first-order chi connectivity index (χ1) is 13.0. The van der Waals surface area contributed by atoms with Crippen molar-refractivity contribution in [2.24, 2.45) is 0 Å². The summed E-state index contributed by atoms with van der Waals surface area (Å²) in [6.45, 7) is 5.40. The lowest BCUT2D eigenvalue weighted by molar-refractivity contribution is 0.0755. The molecule has 1 aromatic carbocycles. The number of carbonyl (C=O) groups excluding carboxylic acids is 2. The molecule has 0 saturated carbocycles. The van der Waals surface area contributed by atoms with E-state index in [-0.39, 0.29) is 11.8 Å². The number of aromatic nitrogens is 1. The summed E-state index contributed by atoms with van der Waals surface area (Å²) in [5.74, 6) is 0.0418. The Kier molecular flexibility index (Phi) is 7.61. The molecule has 0 unspecified atom stereocenters. The predicted octanol–water partition coefficient (Wildman–Crippen LogP) is 4.26. The molecule has 0 aliphatic heterocycles. The number of halogens is 1. The molecule has 2 aromatic rings. The molecule has 0 fully saturated rings. The van der Waals surface area contributed by atoms with Crippen molar-refractivity contribution >= 4 is 29.1 Å². The van der Waals surface area contributed by atoms with Gasteiger partial charge in [-0.2, -0.15) is 0 Å². The first-order valence-electron chi connectivity index (χ1n) is 8.89. The van der Waals surface area contributed by atoms with E-state index in [0.29, 0.717) is 40.7 Å². The summed E-state index contributed by atoms with van der Waals surface area (Å²) in [4.78, 5) is 31.1. The summed E-state index contributed by atoms with van der Waals surface area (Å²) in [7, 11) is 1.52. The summed E-state index contributed by atoms with van der Waals surface area (Å²) < 4.78 is 5.10. The van der Waals surface area contributed by atoms with Gasteiger partial charge in [0.25, 0.3) is 11.8 Å². The molecule has 0 spiro atoms. The topological polar surface area (TPSA) is 71.5 Å². The maximum absolute atomic E-state index is 12.7. The Morgan fingerprint density at radius 1 is 1.11 bits per heavy atom. The smallest absolute Gasteiger partial charge is 0.257 e. The highest BCUT2D eigenvalue weighted by molar-refractivity contribution is 6.32. The molecule has 0 atom stereocenters. The average Bonchev–Trinajstić information content (AvgIpc) is 2.67. The normalized spacial score (nSPS) is 10.4. The van der Waals surface area contributed by atoms with E-state index in [1.807, 2.05) is 13.8 Å². The third-order valence-electron chi connectivity index (χ3n) is 3.93. The number of amides is 2. The highest BCUT2D eigenvalue weighted by Crippen LogP contribution is 2.27. The Morgan fingerprint density at radius 3 is 2.37 bits per heavy atom. The van der Waals surface area contributed by atoms with Crippen molar-refractivity contribution in [2.45, 2.75) is 26.7 Å². The third kappa shape index (κ3) is 5.44. The van der Waals surface area contributed by atoms with Crippen molar-refractivity contribution in [3.05, 3.63) is 52.8 Å². The Labute approximate surface area is 164 Å². The van der Waals surface area contributed by atoms with Gasteiger partial charge in [-0.1, -0.05) is 25.4 Å². The van der Waals surface area contributed by atoms with Gasteiger partial charge in [-0.05, 0) is 37.1 Å². The Hall–Kier alpha value is -2.60. The molecule has 0 radical (unpaired) electrons. The van der Waals surface area contributed by atoms with E-state index in [4.69, 9.17) is 16.3 Å². The fraction of sp³-hybridized carbons (Fsp3) is 0.350. The molecule has 6 nitrogen and oxygen atoms in total. The van der Waals surface area contributed by atoms with Crippen LogP contribution < -0.4 is 10.1 Å². The molecule has 27 heavy (non-hydrogen) atoms. The molecule has 0 bridgehead atoms. The van der Waals surface area contributed by atoms with Crippen LogP contribution in [0.1, 0.15) is 47.4 Å². The number of anilines is 1. The summed E-state index contributed by atoms with van der Waals surface area (Å²) in [6, 6.07) is 6.53. The van der Waals surface area contributed by atoms with Crippen LogP contribution in [0.3, 0.4) is 0 Å². The second kappa shape index (κ2) is 9.92. The quantitative estimate of drug-likeness (QED) is 0.732. The first-order valence-corrected chi connectivity index (χ1v) is 9.27. The van der Waals surface area contributed by atoms with Crippen LogP contribution in [0.5, 0.6) is 5.75 Å². The number of nitrogens with one attached hydrogen (secondary N) is 1. The molecule has 2 rings (SSSR count). The first kappa shape index (κ1) is 20.7. The largest absolute Gasteiger partial charge is 0.495 e. The van der Waals surface area contributed by atoms with Crippen molar-refractivity contribution in [1.82, 2.24) is 9.88 Å². The average molecular weight is 390 g/mol. The number of hydrogen-bond donors (Lipinski definition) is 1. The number of benzene rings is 1.